The molecule has 3 heterocycles. The van der Waals surface area contributed by atoms with Crippen LogP contribution < -0.4 is 0 Å². The zero-order valence-corrected chi connectivity index (χ0v) is 9.15. The van der Waals surface area contributed by atoms with Crippen LogP contribution in [0, 0.1) is 0 Å². The smallest absolute Gasteiger partial charge is 0.258 e. The summed E-state index contributed by atoms with van der Waals surface area (Å²) in [5, 5.41) is 9.91. The van der Waals surface area contributed by atoms with Gasteiger partial charge in [0.25, 0.3) is 5.88 Å². The molecule has 0 radical (unpaired) electrons. The lowest BCUT2D eigenvalue weighted by atomic mass is 10.3. The van der Waals surface area contributed by atoms with Crippen molar-refractivity contribution < 1.29 is 5.11 Å². The first-order chi connectivity index (χ1) is 8.84. The molecular weight excluding hydrogens is 230 g/mol. The first kappa shape index (κ1) is 9.29. The number of fused-ring (bicyclic) bond motifs is 5. The Kier molecular flexibility index (Phi) is 1.62. The Morgan fingerprint density at radius 2 is 1.78 bits per heavy atom. The fourth-order valence-corrected chi connectivity index (χ4v) is 2.10. The molecule has 0 spiro atoms. The molecule has 0 fully saturated rings. The third kappa shape index (κ3) is 1.06. The number of imidazole rings is 1. The van der Waals surface area contributed by atoms with Crippen LogP contribution in [0.4, 0.5) is 0 Å². The summed E-state index contributed by atoms with van der Waals surface area (Å²) >= 11 is 0. The fourth-order valence-electron chi connectivity index (χ4n) is 2.10. The molecule has 0 unspecified atom stereocenters. The Hall–Kier alpha value is -2.76. The van der Waals surface area contributed by atoms with Gasteiger partial charge in [-0.15, -0.1) is 0 Å². The average Bonchev–Trinajstić information content (AvgIpc) is 2.79. The summed E-state index contributed by atoms with van der Waals surface area (Å²) in [5.41, 5.74) is 3.03. The Labute approximate surface area is 101 Å². The van der Waals surface area contributed by atoms with Gasteiger partial charge in [-0.3, -0.25) is 4.40 Å². The van der Waals surface area contributed by atoms with Crippen LogP contribution in [0.5, 0.6) is 5.88 Å². The predicted octanol–water partition coefficient (Wildman–Crippen LogP) is 1.53. The number of nitrogens with zero attached hydrogens (tertiary/aromatic N) is 5. The van der Waals surface area contributed by atoms with E-state index in [0.29, 0.717) is 16.9 Å². The molecule has 18 heavy (non-hydrogen) atoms. The molecule has 0 aliphatic heterocycles. The highest BCUT2D eigenvalue weighted by atomic mass is 16.3. The molecule has 0 bridgehead atoms. The summed E-state index contributed by atoms with van der Waals surface area (Å²) in [7, 11) is 0. The summed E-state index contributed by atoms with van der Waals surface area (Å²) < 4.78 is 1.76. The molecule has 3 aromatic heterocycles. The zero-order chi connectivity index (χ0) is 12.1. The first-order valence-electron chi connectivity index (χ1n) is 5.41. The van der Waals surface area contributed by atoms with E-state index in [1.165, 1.54) is 0 Å². The lowest BCUT2D eigenvalue weighted by Gasteiger charge is -2.01. The van der Waals surface area contributed by atoms with Crippen molar-refractivity contribution in [1.82, 2.24) is 24.3 Å². The van der Waals surface area contributed by atoms with E-state index in [-0.39, 0.29) is 5.88 Å². The summed E-state index contributed by atoms with van der Waals surface area (Å²) in [6.07, 6.45) is 3.13. The van der Waals surface area contributed by atoms with Crippen molar-refractivity contribution in [2.24, 2.45) is 0 Å². The number of hydrogen-bond acceptors (Lipinski definition) is 5. The van der Waals surface area contributed by atoms with E-state index in [0.717, 1.165) is 11.0 Å². The normalized spacial score (nSPS) is 11.6. The predicted molar refractivity (Wildman–Crippen MR) is 65.3 cm³/mol. The van der Waals surface area contributed by atoms with Gasteiger partial charge in [-0.1, -0.05) is 12.1 Å². The number of benzene rings is 1. The molecule has 86 valence electrons. The van der Waals surface area contributed by atoms with Crippen molar-refractivity contribution in [2.75, 3.05) is 0 Å². The van der Waals surface area contributed by atoms with Crippen molar-refractivity contribution in [3.05, 3.63) is 36.7 Å². The van der Waals surface area contributed by atoms with Gasteiger partial charge in [0.15, 0.2) is 11.3 Å². The molecule has 6 heteroatoms. The molecule has 0 atom stereocenters. The summed E-state index contributed by atoms with van der Waals surface area (Å²) in [5.74, 6) is -0.140. The highest BCUT2D eigenvalue weighted by Gasteiger charge is 2.13. The Bertz CT molecular complexity index is 899. The van der Waals surface area contributed by atoms with Crippen LogP contribution in [0.2, 0.25) is 0 Å². The summed E-state index contributed by atoms with van der Waals surface area (Å²) in [6, 6.07) is 7.61. The van der Waals surface area contributed by atoms with Crippen molar-refractivity contribution in [3.8, 4) is 5.88 Å². The van der Waals surface area contributed by atoms with Crippen LogP contribution in [-0.2, 0) is 0 Å². The molecule has 0 aliphatic rings. The Balaban J connectivity index is 2.41. The molecule has 0 amide bonds. The SMILES string of the molecule is Oc1nc2nccnc2n2c1nc1ccccc12. The number of aromatic hydroxyl groups is 1. The molecule has 1 aromatic carbocycles. The van der Waals surface area contributed by atoms with Crippen LogP contribution in [0.15, 0.2) is 36.7 Å². The molecule has 4 aromatic rings. The molecule has 0 aliphatic carbocycles. The fraction of sp³-hybridized carbons (Fsp3) is 0. The van der Waals surface area contributed by atoms with E-state index >= 15 is 0 Å². The maximum Gasteiger partial charge on any atom is 0.258 e. The van der Waals surface area contributed by atoms with E-state index in [1.54, 1.807) is 16.8 Å². The Morgan fingerprint density at radius 1 is 0.944 bits per heavy atom. The minimum Gasteiger partial charge on any atom is -0.491 e. The Morgan fingerprint density at radius 3 is 2.72 bits per heavy atom. The lowest BCUT2D eigenvalue weighted by Crippen LogP contribution is -1.96. The topological polar surface area (TPSA) is 76.2 Å². The second kappa shape index (κ2) is 3.13. The van der Waals surface area contributed by atoms with E-state index in [2.05, 4.69) is 19.9 Å². The highest BCUT2D eigenvalue weighted by molar-refractivity contribution is 5.87. The number of rotatable bonds is 0. The lowest BCUT2D eigenvalue weighted by molar-refractivity contribution is 0.458. The summed E-state index contributed by atoms with van der Waals surface area (Å²) in [4.78, 5) is 16.7. The van der Waals surface area contributed by atoms with E-state index in [1.807, 2.05) is 24.3 Å². The van der Waals surface area contributed by atoms with Crippen molar-refractivity contribution in [1.29, 1.82) is 0 Å². The van der Waals surface area contributed by atoms with Gasteiger partial charge >= 0.3 is 0 Å². The minimum absolute atomic E-state index is 0.140. The van der Waals surface area contributed by atoms with E-state index < -0.39 is 0 Å². The van der Waals surface area contributed by atoms with Gasteiger partial charge in [0.05, 0.1) is 11.0 Å². The largest absolute Gasteiger partial charge is 0.491 e. The number of aromatic nitrogens is 5. The van der Waals surface area contributed by atoms with Gasteiger partial charge in [-0.05, 0) is 12.1 Å². The van der Waals surface area contributed by atoms with Gasteiger partial charge in [0.2, 0.25) is 5.65 Å². The van der Waals surface area contributed by atoms with Crippen LogP contribution in [0.1, 0.15) is 0 Å². The van der Waals surface area contributed by atoms with Gasteiger partial charge in [-0.25, -0.2) is 15.0 Å². The monoisotopic (exact) mass is 237 g/mol. The number of hydrogen-bond donors (Lipinski definition) is 1. The molecule has 4 rings (SSSR count). The minimum atomic E-state index is -0.140. The number of para-hydroxylation sites is 2. The molecule has 0 saturated heterocycles. The molecule has 1 N–H and O–H groups in total. The third-order valence-corrected chi connectivity index (χ3v) is 2.84. The van der Waals surface area contributed by atoms with Crippen LogP contribution >= 0.6 is 0 Å². The van der Waals surface area contributed by atoms with E-state index in [9.17, 15) is 5.11 Å². The highest BCUT2D eigenvalue weighted by Crippen LogP contribution is 2.24. The quantitative estimate of drug-likeness (QED) is 0.502. The third-order valence-electron chi connectivity index (χ3n) is 2.84. The van der Waals surface area contributed by atoms with Gasteiger partial charge in [0, 0.05) is 12.4 Å². The zero-order valence-electron chi connectivity index (χ0n) is 9.15. The maximum atomic E-state index is 9.91. The van der Waals surface area contributed by atoms with Gasteiger partial charge in [0.1, 0.15) is 0 Å². The molecule has 6 nitrogen and oxygen atoms in total. The summed E-state index contributed by atoms with van der Waals surface area (Å²) in [6.45, 7) is 0. The maximum absolute atomic E-state index is 9.91. The second-order valence-corrected chi connectivity index (χ2v) is 3.90. The van der Waals surface area contributed by atoms with Crippen molar-refractivity contribution >= 4 is 28.0 Å². The van der Waals surface area contributed by atoms with Gasteiger partial charge in [-0.2, -0.15) is 4.98 Å². The van der Waals surface area contributed by atoms with Gasteiger partial charge < -0.3 is 5.11 Å². The van der Waals surface area contributed by atoms with Crippen LogP contribution in [0.3, 0.4) is 0 Å². The molecule has 0 saturated carbocycles. The first-order valence-corrected chi connectivity index (χ1v) is 5.41. The van der Waals surface area contributed by atoms with Crippen LogP contribution in [-0.4, -0.2) is 29.4 Å². The van der Waals surface area contributed by atoms with Crippen LogP contribution in [0.25, 0.3) is 28.0 Å². The molecular formula is C12H7N5O. The standard InChI is InChI=1S/C12H7N5O/c18-12-11-15-7-3-1-2-4-8(7)17(11)10-9(16-12)13-5-6-14-10/h1-6H,(H,13,16,18). The second-order valence-electron chi connectivity index (χ2n) is 3.90. The average molecular weight is 237 g/mol. The van der Waals surface area contributed by atoms with Crippen molar-refractivity contribution in [2.45, 2.75) is 0 Å². The van der Waals surface area contributed by atoms with Crippen molar-refractivity contribution in [3.63, 3.8) is 0 Å². The van der Waals surface area contributed by atoms with E-state index in [4.69, 9.17) is 0 Å².